The lowest BCUT2D eigenvalue weighted by atomic mass is 9.97. The zero-order chi connectivity index (χ0) is 24.6. The van der Waals surface area contributed by atoms with E-state index in [9.17, 15) is 9.59 Å². The SMILES string of the molecule is CN[C@H](Cc1cccc2ccccc12)C(=O)N(C)C(Cc1ccccc1)C(=O)NCC1CCCO1. The third-order valence-electron chi connectivity index (χ3n) is 6.87. The van der Waals surface area contributed by atoms with E-state index in [0.717, 1.165) is 41.3 Å². The molecular formula is C29H35N3O3. The van der Waals surface area contributed by atoms with Gasteiger partial charge in [0.1, 0.15) is 6.04 Å². The van der Waals surface area contributed by atoms with Gasteiger partial charge in [-0.05, 0) is 48.2 Å². The summed E-state index contributed by atoms with van der Waals surface area (Å²) in [6.07, 6.45) is 3.01. The molecule has 2 unspecified atom stereocenters. The fourth-order valence-corrected chi connectivity index (χ4v) is 4.78. The summed E-state index contributed by atoms with van der Waals surface area (Å²) >= 11 is 0. The van der Waals surface area contributed by atoms with Crippen molar-refractivity contribution in [2.24, 2.45) is 0 Å². The van der Waals surface area contributed by atoms with Crippen LogP contribution in [0.1, 0.15) is 24.0 Å². The van der Waals surface area contributed by atoms with Crippen molar-refractivity contribution in [2.75, 3.05) is 27.2 Å². The second-order valence-electron chi connectivity index (χ2n) is 9.22. The molecule has 4 rings (SSSR count). The number of carbonyl (C=O) groups excluding carboxylic acids is 2. The lowest BCUT2D eigenvalue weighted by molar-refractivity contribution is -0.140. The second-order valence-corrected chi connectivity index (χ2v) is 9.22. The number of likely N-dealkylation sites (N-methyl/N-ethyl adjacent to an activating group) is 2. The van der Waals surface area contributed by atoms with Crippen LogP contribution in [0.15, 0.2) is 72.8 Å². The van der Waals surface area contributed by atoms with Crippen molar-refractivity contribution in [1.29, 1.82) is 0 Å². The number of nitrogens with zero attached hydrogens (tertiary/aromatic N) is 1. The van der Waals surface area contributed by atoms with E-state index in [-0.39, 0.29) is 17.9 Å². The maximum Gasteiger partial charge on any atom is 0.243 e. The molecule has 1 saturated heterocycles. The molecule has 35 heavy (non-hydrogen) atoms. The Morgan fingerprint density at radius 3 is 2.49 bits per heavy atom. The average Bonchev–Trinajstić information content (AvgIpc) is 3.42. The number of carbonyl (C=O) groups is 2. The first kappa shape index (κ1) is 24.9. The highest BCUT2D eigenvalue weighted by Crippen LogP contribution is 2.21. The van der Waals surface area contributed by atoms with Crippen LogP contribution < -0.4 is 10.6 Å². The molecule has 0 radical (unpaired) electrons. The summed E-state index contributed by atoms with van der Waals surface area (Å²) in [5.74, 6) is -0.256. The van der Waals surface area contributed by atoms with Gasteiger partial charge in [0.05, 0.1) is 12.1 Å². The standard InChI is InChI=1S/C29H35N3O3/c1-30-26(19-23-14-8-13-22-12-6-7-16-25(22)23)29(34)32(2)27(18-21-10-4-3-5-11-21)28(33)31-20-24-15-9-17-35-24/h3-8,10-14,16,24,26-27,30H,9,15,17-20H2,1-2H3,(H,31,33)/t24?,26-,27?/m1/s1. The summed E-state index contributed by atoms with van der Waals surface area (Å²) in [5, 5.41) is 8.51. The highest BCUT2D eigenvalue weighted by Gasteiger charge is 2.31. The molecule has 0 saturated carbocycles. The lowest BCUT2D eigenvalue weighted by Gasteiger charge is -2.31. The van der Waals surface area contributed by atoms with Crippen LogP contribution in [0.4, 0.5) is 0 Å². The molecule has 2 N–H and O–H groups in total. The number of fused-ring (bicyclic) bond motifs is 1. The molecule has 0 bridgehead atoms. The molecule has 1 fully saturated rings. The minimum atomic E-state index is -0.616. The van der Waals surface area contributed by atoms with Crippen molar-refractivity contribution in [2.45, 2.75) is 43.9 Å². The Morgan fingerprint density at radius 1 is 1.00 bits per heavy atom. The third kappa shape index (κ3) is 6.27. The average molecular weight is 474 g/mol. The van der Waals surface area contributed by atoms with E-state index >= 15 is 0 Å². The topological polar surface area (TPSA) is 70.7 Å². The molecule has 1 aliphatic heterocycles. The van der Waals surface area contributed by atoms with Crippen LogP contribution in [0.5, 0.6) is 0 Å². The molecule has 1 heterocycles. The Morgan fingerprint density at radius 2 is 1.74 bits per heavy atom. The van der Waals surface area contributed by atoms with Crippen molar-refractivity contribution >= 4 is 22.6 Å². The van der Waals surface area contributed by atoms with E-state index in [1.165, 1.54) is 0 Å². The molecule has 3 aromatic carbocycles. The Kier molecular flexibility index (Phi) is 8.50. The van der Waals surface area contributed by atoms with E-state index < -0.39 is 12.1 Å². The Balaban J connectivity index is 1.51. The summed E-state index contributed by atoms with van der Waals surface area (Å²) < 4.78 is 5.66. The van der Waals surface area contributed by atoms with Crippen LogP contribution in [-0.2, 0) is 27.2 Å². The van der Waals surface area contributed by atoms with Gasteiger partial charge in [-0.2, -0.15) is 0 Å². The van der Waals surface area contributed by atoms with E-state index in [2.05, 4.69) is 34.9 Å². The fraction of sp³-hybridized carbons (Fsp3) is 0.379. The molecule has 0 spiro atoms. The zero-order valence-electron chi connectivity index (χ0n) is 20.6. The van der Waals surface area contributed by atoms with Gasteiger partial charge in [0.15, 0.2) is 0 Å². The maximum atomic E-state index is 13.7. The monoisotopic (exact) mass is 473 g/mol. The smallest absolute Gasteiger partial charge is 0.243 e. The van der Waals surface area contributed by atoms with E-state index in [1.54, 1.807) is 19.0 Å². The molecule has 1 aliphatic rings. The highest BCUT2D eigenvalue weighted by atomic mass is 16.5. The van der Waals surface area contributed by atoms with E-state index in [4.69, 9.17) is 4.74 Å². The number of hydrogen-bond donors (Lipinski definition) is 2. The maximum absolute atomic E-state index is 13.7. The first-order chi connectivity index (χ1) is 17.1. The number of hydrogen-bond acceptors (Lipinski definition) is 4. The minimum Gasteiger partial charge on any atom is -0.376 e. The van der Waals surface area contributed by atoms with Crippen molar-refractivity contribution in [1.82, 2.24) is 15.5 Å². The van der Waals surface area contributed by atoms with Crippen LogP contribution >= 0.6 is 0 Å². The van der Waals surface area contributed by atoms with Crippen LogP contribution in [0.3, 0.4) is 0 Å². The molecule has 3 atom stereocenters. The first-order valence-corrected chi connectivity index (χ1v) is 12.4. The predicted molar refractivity (Wildman–Crippen MR) is 139 cm³/mol. The molecule has 6 heteroatoms. The minimum absolute atomic E-state index is 0.0498. The summed E-state index contributed by atoms with van der Waals surface area (Å²) in [7, 11) is 3.53. The fourth-order valence-electron chi connectivity index (χ4n) is 4.78. The summed E-state index contributed by atoms with van der Waals surface area (Å²) in [4.78, 5) is 28.6. The number of ether oxygens (including phenoxy) is 1. The van der Waals surface area contributed by atoms with Gasteiger partial charge in [0, 0.05) is 26.6 Å². The molecule has 0 aromatic heterocycles. The van der Waals surface area contributed by atoms with Crippen LogP contribution in [0.2, 0.25) is 0 Å². The predicted octanol–water partition coefficient (Wildman–Crippen LogP) is 3.34. The van der Waals surface area contributed by atoms with Crippen LogP contribution in [0.25, 0.3) is 10.8 Å². The van der Waals surface area contributed by atoms with Gasteiger partial charge < -0.3 is 20.3 Å². The Hall–Kier alpha value is -3.22. The second kappa shape index (κ2) is 12.0. The van der Waals surface area contributed by atoms with Crippen LogP contribution in [-0.4, -0.2) is 62.1 Å². The van der Waals surface area contributed by atoms with Crippen molar-refractivity contribution < 1.29 is 14.3 Å². The largest absolute Gasteiger partial charge is 0.376 e. The van der Waals surface area contributed by atoms with Crippen molar-refractivity contribution in [3.63, 3.8) is 0 Å². The molecule has 6 nitrogen and oxygen atoms in total. The zero-order valence-corrected chi connectivity index (χ0v) is 20.6. The number of rotatable bonds is 10. The van der Waals surface area contributed by atoms with Gasteiger partial charge in [0.25, 0.3) is 0 Å². The molecule has 2 amide bonds. The number of benzene rings is 3. The lowest BCUT2D eigenvalue weighted by Crippen LogP contribution is -2.55. The molecule has 3 aromatic rings. The normalized spacial score (nSPS) is 17.1. The van der Waals surface area contributed by atoms with Crippen LogP contribution in [0, 0.1) is 0 Å². The summed E-state index contributed by atoms with van der Waals surface area (Å²) in [5.41, 5.74) is 2.12. The first-order valence-electron chi connectivity index (χ1n) is 12.4. The summed E-state index contributed by atoms with van der Waals surface area (Å²) in [6, 6.07) is 23.1. The molecular weight excluding hydrogens is 438 g/mol. The Bertz CT molecular complexity index is 1120. The molecule has 184 valence electrons. The van der Waals surface area contributed by atoms with Gasteiger partial charge in [-0.1, -0.05) is 72.8 Å². The Labute approximate surface area is 207 Å². The number of amides is 2. The van der Waals surface area contributed by atoms with E-state index in [1.807, 2.05) is 48.5 Å². The van der Waals surface area contributed by atoms with Gasteiger partial charge >= 0.3 is 0 Å². The van der Waals surface area contributed by atoms with Crippen molar-refractivity contribution in [3.05, 3.63) is 83.9 Å². The van der Waals surface area contributed by atoms with Gasteiger partial charge in [-0.3, -0.25) is 9.59 Å². The van der Waals surface area contributed by atoms with E-state index in [0.29, 0.717) is 19.4 Å². The van der Waals surface area contributed by atoms with Gasteiger partial charge in [-0.25, -0.2) is 0 Å². The molecule has 0 aliphatic carbocycles. The van der Waals surface area contributed by atoms with Gasteiger partial charge in [0.2, 0.25) is 11.8 Å². The highest BCUT2D eigenvalue weighted by molar-refractivity contribution is 5.91. The van der Waals surface area contributed by atoms with Gasteiger partial charge in [-0.15, -0.1) is 0 Å². The number of nitrogens with one attached hydrogen (secondary N) is 2. The van der Waals surface area contributed by atoms with Crippen molar-refractivity contribution in [3.8, 4) is 0 Å². The third-order valence-corrected chi connectivity index (χ3v) is 6.87. The summed E-state index contributed by atoms with van der Waals surface area (Å²) in [6.45, 7) is 1.21. The quantitative estimate of drug-likeness (QED) is 0.474.